The van der Waals surface area contributed by atoms with Gasteiger partial charge in [0.25, 0.3) is 0 Å². The highest BCUT2D eigenvalue weighted by molar-refractivity contribution is 5.66. The van der Waals surface area contributed by atoms with Crippen LogP contribution in [-0.4, -0.2) is 46.7 Å². The molecule has 0 radical (unpaired) electrons. The average molecular weight is 369 g/mol. The van der Waals surface area contributed by atoms with Crippen LogP contribution in [0.5, 0.6) is 0 Å². The molecule has 3 N–H and O–H groups in total. The molecule has 2 atom stereocenters. The van der Waals surface area contributed by atoms with Gasteiger partial charge in [-0.3, -0.25) is 4.79 Å². The van der Waals surface area contributed by atoms with Crippen molar-refractivity contribution >= 4 is 5.97 Å². The first-order valence-electron chi connectivity index (χ1n) is 9.70. The van der Waals surface area contributed by atoms with Gasteiger partial charge in [0.05, 0.1) is 19.3 Å². The summed E-state index contributed by atoms with van der Waals surface area (Å²) in [6, 6.07) is 0. The van der Waals surface area contributed by atoms with Gasteiger partial charge < -0.3 is 20.1 Å². The van der Waals surface area contributed by atoms with Gasteiger partial charge in [-0.05, 0) is 32.1 Å². The Kier molecular flexibility index (Phi) is 17.4. The molecule has 0 bridgehead atoms. The second-order valence-corrected chi connectivity index (χ2v) is 6.31. The summed E-state index contributed by atoms with van der Waals surface area (Å²) in [7, 11) is 0. The first-order chi connectivity index (χ1) is 12.6. The van der Waals surface area contributed by atoms with Crippen molar-refractivity contribution in [3.05, 3.63) is 36.5 Å². The lowest BCUT2D eigenvalue weighted by Gasteiger charge is -2.13. The molecule has 5 heteroatoms. The molecule has 0 aromatic carbocycles. The summed E-state index contributed by atoms with van der Waals surface area (Å²) in [6.45, 7) is 1.89. The highest BCUT2D eigenvalue weighted by Crippen LogP contribution is 2.09. The number of aliphatic hydroxyl groups is 2. The molecule has 0 rings (SSSR count). The number of aliphatic carboxylic acids is 1. The summed E-state index contributed by atoms with van der Waals surface area (Å²) in [4.78, 5) is 10.4. The number of allylic oxidation sites excluding steroid dienone is 4. The maximum absolute atomic E-state index is 10.4. The van der Waals surface area contributed by atoms with E-state index in [1.165, 1.54) is 0 Å². The van der Waals surface area contributed by atoms with E-state index in [2.05, 4.69) is 25.2 Å². The molecule has 5 nitrogen and oxygen atoms in total. The zero-order valence-electron chi connectivity index (χ0n) is 16.1. The molecule has 0 aliphatic carbocycles. The number of carboxylic acids is 1. The quantitative estimate of drug-likeness (QED) is 0.267. The van der Waals surface area contributed by atoms with Crippen LogP contribution >= 0.6 is 0 Å². The minimum absolute atomic E-state index is 0.101. The summed E-state index contributed by atoms with van der Waals surface area (Å²) in [6.07, 6.45) is 19.2. The van der Waals surface area contributed by atoms with E-state index >= 15 is 0 Å². The Morgan fingerprint density at radius 3 is 2.38 bits per heavy atom. The monoisotopic (exact) mass is 368 g/mol. The molecule has 0 aromatic heterocycles. The SMILES string of the molecule is CC/C=C\C/C=C\C(/C=C\CCCCCCCC(=O)O)OCC(O)CO. The average Bonchev–Trinajstić information content (AvgIpc) is 2.63. The second-order valence-electron chi connectivity index (χ2n) is 6.31. The van der Waals surface area contributed by atoms with Crippen LogP contribution in [0.15, 0.2) is 36.5 Å². The predicted octanol–water partition coefficient (Wildman–Crippen LogP) is 4.01. The lowest BCUT2D eigenvalue weighted by Crippen LogP contribution is -2.22. The van der Waals surface area contributed by atoms with Gasteiger partial charge >= 0.3 is 5.97 Å². The molecule has 0 fully saturated rings. The standard InChI is InChI=1S/C21H36O5/c1-2-3-4-8-11-14-20(26-18-19(23)17-22)15-12-9-6-5-7-10-13-16-21(24)25/h3-4,11-12,14-15,19-20,22-23H,2,5-10,13,16-18H2,1H3,(H,24,25)/b4-3-,14-11-,15-12-. The molecular formula is C21H36O5. The van der Waals surface area contributed by atoms with Gasteiger partial charge in [0.2, 0.25) is 0 Å². The fourth-order valence-electron chi connectivity index (χ4n) is 2.30. The minimum atomic E-state index is -0.856. The number of carboxylic acid groups (broad SMARTS) is 1. The minimum Gasteiger partial charge on any atom is -0.481 e. The first kappa shape index (κ1) is 24.6. The summed E-state index contributed by atoms with van der Waals surface area (Å²) >= 11 is 0. The van der Waals surface area contributed by atoms with Crippen LogP contribution in [0.3, 0.4) is 0 Å². The molecule has 0 heterocycles. The fraction of sp³-hybridized carbons (Fsp3) is 0.667. The number of hydrogen-bond acceptors (Lipinski definition) is 4. The molecule has 0 spiro atoms. The van der Waals surface area contributed by atoms with Crippen molar-refractivity contribution in [2.45, 2.75) is 76.9 Å². The molecule has 0 aromatic rings. The number of ether oxygens (including phenoxy) is 1. The van der Waals surface area contributed by atoms with Gasteiger partial charge in [-0.1, -0.05) is 62.6 Å². The van der Waals surface area contributed by atoms with Crippen molar-refractivity contribution in [2.24, 2.45) is 0 Å². The van der Waals surface area contributed by atoms with Gasteiger partial charge in [-0.25, -0.2) is 0 Å². The Labute approximate surface area is 158 Å². The van der Waals surface area contributed by atoms with E-state index in [4.69, 9.17) is 14.9 Å². The summed E-state index contributed by atoms with van der Waals surface area (Å²) < 4.78 is 5.62. The predicted molar refractivity (Wildman–Crippen MR) is 105 cm³/mol. The maximum atomic E-state index is 10.4. The van der Waals surface area contributed by atoms with Crippen molar-refractivity contribution in [1.29, 1.82) is 0 Å². The van der Waals surface area contributed by atoms with Gasteiger partial charge in [0.15, 0.2) is 0 Å². The Hall–Kier alpha value is -1.43. The Morgan fingerprint density at radius 1 is 1.00 bits per heavy atom. The largest absolute Gasteiger partial charge is 0.481 e. The topological polar surface area (TPSA) is 87.0 Å². The molecular weight excluding hydrogens is 332 g/mol. The van der Waals surface area contributed by atoms with Gasteiger partial charge in [0.1, 0.15) is 6.10 Å². The zero-order chi connectivity index (χ0) is 19.5. The number of unbranched alkanes of at least 4 members (excludes halogenated alkanes) is 5. The third-order valence-electron chi connectivity index (χ3n) is 3.78. The van der Waals surface area contributed by atoms with Crippen LogP contribution in [0.1, 0.15) is 64.7 Å². The highest BCUT2D eigenvalue weighted by atomic mass is 16.5. The number of carbonyl (C=O) groups is 1. The summed E-state index contributed by atoms with van der Waals surface area (Å²) in [5.74, 6) is -0.719. The Bertz CT molecular complexity index is 415. The fourth-order valence-corrected chi connectivity index (χ4v) is 2.30. The molecule has 0 aliphatic rings. The van der Waals surface area contributed by atoms with E-state index < -0.39 is 12.1 Å². The molecule has 0 saturated heterocycles. The van der Waals surface area contributed by atoms with E-state index in [-0.39, 0.29) is 25.7 Å². The zero-order valence-corrected chi connectivity index (χ0v) is 16.1. The maximum Gasteiger partial charge on any atom is 0.303 e. The van der Waals surface area contributed by atoms with E-state index in [0.717, 1.165) is 51.4 Å². The summed E-state index contributed by atoms with van der Waals surface area (Å²) in [5, 5.41) is 26.9. The van der Waals surface area contributed by atoms with E-state index in [9.17, 15) is 9.90 Å². The first-order valence-corrected chi connectivity index (χ1v) is 9.70. The van der Waals surface area contributed by atoms with Crippen LogP contribution in [-0.2, 0) is 9.53 Å². The molecule has 150 valence electrons. The van der Waals surface area contributed by atoms with E-state index in [1.807, 2.05) is 18.2 Å². The summed E-state index contributed by atoms with van der Waals surface area (Å²) in [5.41, 5.74) is 0. The molecule has 26 heavy (non-hydrogen) atoms. The number of aliphatic hydroxyl groups excluding tert-OH is 2. The normalized spacial score (nSPS) is 14.6. The van der Waals surface area contributed by atoms with Crippen LogP contribution in [0, 0.1) is 0 Å². The number of hydrogen-bond donors (Lipinski definition) is 3. The van der Waals surface area contributed by atoms with Crippen LogP contribution in [0.25, 0.3) is 0 Å². The Balaban J connectivity index is 4.07. The van der Waals surface area contributed by atoms with E-state index in [1.54, 1.807) is 0 Å². The van der Waals surface area contributed by atoms with Crippen molar-refractivity contribution in [2.75, 3.05) is 13.2 Å². The van der Waals surface area contributed by atoms with Crippen molar-refractivity contribution in [1.82, 2.24) is 0 Å². The third-order valence-corrected chi connectivity index (χ3v) is 3.78. The smallest absolute Gasteiger partial charge is 0.303 e. The van der Waals surface area contributed by atoms with Gasteiger partial charge in [-0.15, -0.1) is 0 Å². The molecule has 0 amide bonds. The van der Waals surface area contributed by atoms with Crippen LogP contribution in [0.2, 0.25) is 0 Å². The van der Waals surface area contributed by atoms with Gasteiger partial charge in [-0.2, -0.15) is 0 Å². The molecule has 0 aliphatic heterocycles. The van der Waals surface area contributed by atoms with E-state index in [0.29, 0.717) is 0 Å². The highest BCUT2D eigenvalue weighted by Gasteiger charge is 2.06. The Morgan fingerprint density at radius 2 is 1.69 bits per heavy atom. The third kappa shape index (κ3) is 17.4. The van der Waals surface area contributed by atoms with Crippen LogP contribution in [0.4, 0.5) is 0 Å². The lowest BCUT2D eigenvalue weighted by molar-refractivity contribution is -0.137. The van der Waals surface area contributed by atoms with Crippen molar-refractivity contribution in [3.8, 4) is 0 Å². The van der Waals surface area contributed by atoms with Crippen LogP contribution < -0.4 is 0 Å². The van der Waals surface area contributed by atoms with Gasteiger partial charge in [0, 0.05) is 6.42 Å². The van der Waals surface area contributed by atoms with Crippen molar-refractivity contribution < 1.29 is 24.9 Å². The molecule has 0 saturated carbocycles. The lowest BCUT2D eigenvalue weighted by atomic mass is 10.1. The number of rotatable bonds is 17. The molecule has 2 unspecified atom stereocenters. The van der Waals surface area contributed by atoms with Crippen molar-refractivity contribution in [3.63, 3.8) is 0 Å². The second kappa shape index (κ2) is 18.4.